The van der Waals surface area contributed by atoms with Gasteiger partial charge in [-0.05, 0) is 49.2 Å². The average Bonchev–Trinajstić information content (AvgIpc) is 2.80. The van der Waals surface area contributed by atoms with Crippen LogP contribution in [0, 0.1) is 13.8 Å². The quantitative estimate of drug-likeness (QED) is 0.385. The van der Waals surface area contributed by atoms with E-state index in [1.54, 1.807) is 40.4 Å². The van der Waals surface area contributed by atoms with Crippen molar-refractivity contribution in [3.8, 4) is 23.0 Å². The number of esters is 1. The summed E-state index contributed by atoms with van der Waals surface area (Å²) < 4.78 is 32.3. The molecule has 8 heteroatoms. The van der Waals surface area contributed by atoms with Gasteiger partial charge in [-0.15, -0.1) is 0 Å². The summed E-state index contributed by atoms with van der Waals surface area (Å²) in [4.78, 5) is 24.1. The molecule has 2 aromatic carbocycles. The fourth-order valence-electron chi connectivity index (χ4n) is 3.53. The van der Waals surface area contributed by atoms with Crippen LogP contribution >= 0.6 is 0 Å². The molecule has 0 aliphatic rings. The van der Waals surface area contributed by atoms with Gasteiger partial charge in [0.15, 0.2) is 11.5 Å². The average molecular weight is 442 g/mol. The molecule has 3 aromatic rings. The lowest BCUT2D eigenvalue weighted by atomic mass is 10.0. The zero-order valence-corrected chi connectivity index (χ0v) is 19.0. The highest BCUT2D eigenvalue weighted by Gasteiger charge is 2.18. The van der Waals surface area contributed by atoms with E-state index in [0.29, 0.717) is 39.7 Å². The summed E-state index contributed by atoms with van der Waals surface area (Å²) in [6.07, 6.45) is -0.140. The molecule has 0 N–H and O–H groups in total. The minimum Gasteiger partial charge on any atom is -0.493 e. The van der Waals surface area contributed by atoms with Gasteiger partial charge in [0.2, 0.25) is 5.75 Å². The number of carbonyl (C=O) groups excluding carboxylic acids is 1. The number of carbonyl (C=O) groups is 1. The van der Waals surface area contributed by atoms with Crippen LogP contribution in [0.25, 0.3) is 11.0 Å². The highest BCUT2D eigenvalue weighted by Crippen LogP contribution is 2.38. The largest absolute Gasteiger partial charge is 0.493 e. The number of hydrogen-bond donors (Lipinski definition) is 0. The molecule has 0 atom stereocenters. The number of rotatable bonds is 8. The third-order valence-corrected chi connectivity index (χ3v) is 5.32. The molecule has 0 fully saturated rings. The maximum Gasteiger partial charge on any atom is 0.340 e. The SMILES string of the molecule is COC(=O)Cc1c(C)c2ccc(OCc3cc(OC)c(OC)c(OC)c3)c(C)c2oc1=O. The van der Waals surface area contributed by atoms with Crippen LogP contribution < -0.4 is 24.6 Å². The van der Waals surface area contributed by atoms with Gasteiger partial charge < -0.3 is 28.1 Å². The lowest BCUT2D eigenvalue weighted by Gasteiger charge is -2.16. The summed E-state index contributed by atoms with van der Waals surface area (Å²) in [5.74, 6) is 1.62. The van der Waals surface area contributed by atoms with Gasteiger partial charge in [0.05, 0.1) is 40.4 Å². The van der Waals surface area contributed by atoms with Crippen molar-refractivity contribution in [1.82, 2.24) is 0 Å². The van der Waals surface area contributed by atoms with Crippen LogP contribution in [0.1, 0.15) is 22.3 Å². The molecule has 32 heavy (non-hydrogen) atoms. The molecule has 8 nitrogen and oxygen atoms in total. The summed E-state index contributed by atoms with van der Waals surface area (Å²) >= 11 is 0. The van der Waals surface area contributed by atoms with Crippen LogP contribution in [0.2, 0.25) is 0 Å². The van der Waals surface area contributed by atoms with Crippen molar-refractivity contribution < 1.29 is 32.9 Å². The van der Waals surface area contributed by atoms with E-state index < -0.39 is 11.6 Å². The zero-order chi connectivity index (χ0) is 23.4. The van der Waals surface area contributed by atoms with Crippen LogP contribution in [-0.2, 0) is 22.6 Å². The second-order valence-corrected chi connectivity index (χ2v) is 7.13. The molecule has 0 bridgehead atoms. The van der Waals surface area contributed by atoms with E-state index in [-0.39, 0.29) is 18.6 Å². The third kappa shape index (κ3) is 4.34. The molecule has 0 radical (unpaired) electrons. The summed E-state index contributed by atoms with van der Waals surface area (Å²) in [6.45, 7) is 3.83. The topological polar surface area (TPSA) is 93.4 Å². The number of methoxy groups -OCH3 is 4. The predicted octanol–water partition coefficient (Wildman–Crippen LogP) is 3.73. The van der Waals surface area contributed by atoms with E-state index in [9.17, 15) is 9.59 Å². The minimum atomic E-state index is -0.565. The van der Waals surface area contributed by atoms with Gasteiger partial charge in [0.25, 0.3) is 0 Å². The molecule has 0 amide bonds. The first kappa shape index (κ1) is 23.0. The molecular weight excluding hydrogens is 416 g/mol. The van der Waals surface area contributed by atoms with Crippen molar-refractivity contribution in [2.24, 2.45) is 0 Å². The second kappa shape index (κ2) is 9.64. The molecule has 170 valence electrons. The summed E-state index contributed by atoms with van der Waals surface area (Å²) in [6, 6.07) is 7.23. The molecule has 0 aliphatic heterocycles. The Hall–Kier alpha value is -3.68. The number of ether oxygens (including phenoxy) is 5. The third-order valence-electron chi connectivity index (χ3n) is 5.32. The monoisotopic (exact) mass is 442 g/mol. The van der Waals surface area contributed by atoms with Crippen molar-refractivity contribution in [2.75, 3.05) is 28.4 Å². The number of benzene rings is 2. The van der Waals surface area contributed by atoms with Crippen LogP contribution in [0.3, 0.4) is 0 Å². The highest BCUT2D eigenvalue weighted by atomic mass is 16.5. The van der Waals surface area contributed by atoms with Crippen LogP contribution in [0.15, 0.2) is 33.5 Å². The number of aryl methyl sites for hydroxylation is 2. The molecule has 0 spiro atoms. The van der Waals surface area contributed by atoms with E-state index in [1.807, 2.05) is 19.1 Å². The lowest BCUT2D eigenvalue weighted by molar-refractivity contribution is -0.139. The van der Waals surface area contributed by atoms with Gasteiger partial charge in [0, 0.05) is 10.9 Å². The normalized spacial score (nSPS) is 10.7. The molecule has 0 aliphatic carbocycles. The Balaban J connectivity index is 1.94. The van der Waals surface area contributed by atoms with Gasteiger partial charge in [0.1, 0.15) is 17.9 Å². The summed E-state index contributed by atoms with van der Waals surface area (Å²) in [5, 5.41) is 0.737. The Bertz CT molecular complexity index is 1180. The summed E-state index contributed by atoms with van der Waals surface area (Å²) in [5.41, 5.74) is 2.31. The Morgan fingerprint density at radius 1 is 0.906 bits per heavy atom. The van der Waals surface area contributed by atoms with Gasteiger partial charge in [-0.25, -0.2) is 4.79 Å². The molecule has 0 unspecified atom stereocenters. The Labute approximate surface area is 185 Å². The number of fused-ring (bicyclic) bond motifs is 1. The second-order valence-electron chi connectivity index (χ2n) is 7.13. The van der Waals surface area contributed by atoms with Crippen molar-refractivity contribution in [2.45, 2.75) is 26.9 Å². The van der Waals surface area contributed by atoms with E-state index in [0.717, 1.165) is 10.9 Å². The Morgan fingerprint density at radius 3 is 2.12 bits per heavy atom. The van der Waals surface area contributed by atoms with Crippen LogP contribution in [0.5, 0.6) is 23.0 Å². The van der Waals surface area contributed by atoms with Crippen LogP contribution in [0.4, 0.5) is 0 Å². The van der Waals surface area contributed by atoms with E-state index in [1.165, 1.54) is 7.11 Å². The molecule has 0 saturated heterocycles. The maximum atomic E-state index is 12.5. The standard InChI is InChI=1S/C24H26O8/c1-13-16-7-8-18(14(2)22(16)32-24(26)17(13)11-21(25)29-5)31-12-15-9-19(27-3)23(30-6)20(10-15)28-4/h7-10H,11-12H2,1-6H3. The van der Waals surface area contributed by atoms with E-state index >= 15 is 0 Å². The first-order valence-electron chi connectivity index (χ1n) is 9.88. The van der Waals surface area contributed by atoms with Crippen LogP contribution in [-0.4, -0.2) is 34.4 Å². The van der Waals surface area contributed by atoms with E-state index in [4.69, 9.17) is 23.4 Å². The fraction of sp³-hybridized carbons (Fsp3) is 0.333. The lowest BCUT2D eigenvalue weighted by Crippen LogP contribution is -2.16. The molecule has 3 rings (SSSR count). The number of hydrogen-bond acceptors (Lipinski definition) is 8. The molecule has 0 saturated carbocycles. The first-order valence-corrected chi connectivity index (χ1v) is 9.88. The molecular formula is C24H26O8. The molecule has 1 heterocycles. The Morgan fingerprint density at radius 2 is 1.56 bits per heavy atom. The molecule has 1 aromatic heterocycles. The highest BCUT2D eigenvalue weighted by molar-refractivity contribution is 5.86. The fourth-order valence-corrected chi connectivity index (χ4v) is 3.53. The maximum absolute atomic E-state index is 12.5. The van der Waals surface area contributed by atoms with Crippen molar-refractivity contribution >= 4 is 16.9 Å². The Kier molecular flexibility index (Phi) is 6.92. The minimum absolute atomic E-state index is 0.140. The van der Waals surface area contributed by atoms with Gasteiger partial charge in [-0.2, -0.15) is 0 Å². The van der Waals surface area contributed by atoms with Crippen molar-refractivity contribution in [3.63, 3.8) is 0 Å². The zero-order valence-electron chi connectivity index (χ0n) is 19.0. The van der Waals surface area contributed by atoms with Gasteiger partial charge in [-0.3, -0.25) is 4.79 Å². The van der Waals surface area contributed by atoms with E-state index in [2.05, 4.69) is 4.74 Å². The predicted molar refractivity (Wildman–Crippen MR) is 118 cm³/mol. The summed E-state index contributed by atoms with van der Waals surface area (Å²) in [7, 11) is 5.92. The first-order chi connectivity index (χ1) is 15.3. The van der Waals surface area contributed by atoms with Crippen molar-refractivity contribution in [3.05, 3.63) is 56.9 Å². The smallest absolute Gasteiger partial charge is 0.340 e. The van der Waals surface area contributed by atoms with Crippen molar-refractivity contribution in [1.29, 1.82) is 0 Å². The van der Waals surface area contributed by atoms with Gasteiger partial charge >= 0.3 is 11.6 Å². The van der Waals surface area contributed by atoms with Gasteiger partial charge in [-0.1, -0.05) is 0 Å².